The van der Waals surface area contributed by atoms with E-state index in [-0.39, 0.29) is 5.92 Å². The molecule has 0 radical (unpaired) electrons. The van der Waals surface area contributed by atoms with E-state index in [0.717, 1.165) is 0 Å². The molecule has 0 heterocycles. The Kier molecular flexibility index (Phi) is 4.35. The molecule has 1 aliphatic carbocycles. The number of benzene rings is 1. The van der Waals surface area contributed by atoms with Crippen LogP contribution >= 0.6 is 0 Å². The zero-order chi connectivity index (χ0) is 14.5. The van der Waals surface area contributed by atoms with E-state index >= 15 is 0 Å². The largest absolute Gasteiger partial charge is 0.485 e. The van der Waals surface area contributed by atoms with Gasteiger partial charge in [-0.3, -0.25) is 4.79 Å². The Bertz CT molecular complexity index is 545. The number of allylic oxidation sites excluding steroid dienone is 4. The molecule has 2 rings (SSSR count). The van der Waals surface area contributed by atoms with E-state index in [0.29, 0.717) is 12.0 Å². The highest BCUT2D eigenvalue weighted by Gasteiger charge is 2.43. The third-order valence-corrected chi connectivity index (χ3v) is 3.56. The van der Waals surface area contributed by atoms with Gasteiger partial charge >= 0.3 is 11.9 Å². The summed E-state index contributed by atoms with van der Waals surface area (Å²) in [4.78, 5) is 21.2. The molecule has 4 heteroatoms. The van der Waals surface area contributed by atoms with Gasteiger partial charge in [-0.05, 0) is 12.0 Å². The molecule has 1 aromatic carbocycles. The van der Waals surface area contributed by atoms with E-state index in [9.17, 15) is 19.8 Å². The maximum atomic E-state index is 11.6. The third-order valence-electron chi connectivity index (χ3n) is 3.56. The second-order valence-corrected chi connectivity index (χ2v) is 4.82. The van der Waals surface area contributed by atoms with Crippen molar-refractivity contribution in [3.63, 3.8) is 0 Å². The summed E-state index contributed by atoms with van der Waals surface area (Å²) in [6.07, 6.45) is 7.96. The fourth-order valence-corrected chi connectivity index (χ4v) is 2.62. The van der Waals surface area contributed by atoms with Crippen molar-refractivity contribution in [1.82, 2.24) is 0 Å². The van der Waals surface area contributed by atoms with Crippen LogP contribution in [0.15, 0.2) is 54.6 Å². The monoisotopic (exact) mass is 273 g/mol. The average Bonchev–Trinajstić information content (AvgIpc) is 2.45. The van der Waals surface area contributed by atoms with Crippen molar-refractivity contribution in [1.29, 1.82) is 0 Å². The first-order valence-electron chi connectivity index (χ1n) is 6.47. The van der Waals surface area contributed by atoms with Crippen molar-refractivity contribution in [2.45, 2.75) is 12.3 Å². The van der Waals surface area contributed by atoms with Gasteiger partial charge in [0.1, 0.15) is 11.8 Å². The molecule has 0 aromatic heterocycles. The molecular weight excluding hydrogens is 256 g/mol. The summed E-state index contributed by atoms with van der Waals surface area (Å²) in [5.41, 5.74) is 0.563. The van der Waals surface area contributed by atoms with Crippen LogP contribution in [0.3, 0.4) is 0 Å². The number of rotatable bonds is 5. The van der Waals surface area contributed by atoms with Gasteiger partial charge in [-0.1, -0.05) is 54.6 Å². The van der Waals surface area contributed by atoms with Gasteiger partial charge in [0.25, 0.3) is 0 Å². The van der Waals surface area contributed by atoms with Crippen molar-refractivity contribution < 1.29 is 19.8 Å². The topological polar surface area (TPSA) is 78.9 Å². The Hall–Kier alpha value is -2.36. The number of aliphatic carboxylic acids is 2. The van der Waals surface area contributed by atoms with Gasteiger partial charge < -0.3 is 15.0 Å². The number of carbonyl (C=O) groups is 1. The molecule has 0 amide bonds. The highest BCUT2D eigenvalue weighted by molar-refractivity contribution is 5.85. The summed E-state index contributed by atoms with van der Waals surface area (Å²) in [5.74, 6) is -3.99. The van der Waals surface area contributed by atoms with Gasteiger partial charge in [-0.15, -0.1) is 0 Å². The van der Waals surface area contributed by atoms with Crippen LogP contribution in [0, 0.1) is 11.8 Å². The van der Waals surface area contributed by atoms with Crippen LogP contribution in [0.2, 0.25) is 0 Å². The minimum atomic E-state index is -1.07. The minimum absolute atomic E-state index is 0.244. The standard InChI is InChI=1S/C16H16O4/c17-15(18)13(11-7-3-1-4-8-11)14(16(19)20)12-9-5-2-6-10-12/h1-9,12-14H,10H2,(H,17,18)(H,19,20)/p+1/t12?,13-,14+/m0/s1. The molecule has 1 unspecified atom stereocenters. The molecule has 0 fully saturated rings. The van der Waals surface area contributed by atoms with E-state index < -0.39 is 23.8 Å². The van der Waals surface area contributed by atoms with E-state index in [2.05, 4.69) is 0 Å². The lowest BCUT2D eigenvalue weighted by Crippen LogP contribution is -2.33. The SMILES string of the molecule is O=C(O)[C@@H](c1ccccc1)[C@H](C(O)=[OH+])C1C=CC=CC1. The van der Waals surface area contributed by atoms with E-state index in [1.807, 2.05) is 18.2 Å². The summed E-state index contributed by atoms with van der Waals surface area (Å²) < 4.78 is 0. The Labute approximate surface area is 117 Å². The van der Waals surface area contributed by atoms with Crippen LogP contribution in [-0.4, -0.2) is 26.9 Å². The smallest absolute Gasteiger partial charge is 0.481 e. The minimum Gasteiger partial charge on any atom is -0.481 e. The molecule has 0 saturated carbocycles. The van der Waals surface area contributed by atoms with Gasteiger partial charge in [0.2, 0.25) is 0 Å². The quantitative estimate of drug-likeness (QED) is 0.809. The molecule has 1 aliphatic rings. The predicted molar refractivity (Wildman–Crippen MR) is 76.3 cm³/mol. The second-order valence-electron chi connectivity index (χ2n) is 4.82. The van der Waals surface area contributed by atoms with Gasteiger partial charge in [0, 0.05) is 5.92 Å². The van der Waals surface area contributed by atoms with Crippen LogP contribution in [-0.2, 0) is 4.79 Å². The van der Waals surface area contributed by atoms with Crippen LogP contribution < -0.4 is 0 Å². The molecule has 0 aliphatic heterocycles. The lowest BCUT2D eigenvalue weighted by molar-refractivity contribution is -0.140. The lowest BCUT2D eigenvalue weighted by atomic mass is 9.75. The van der Waals surface area contributed by atoms with Crippen molar-refractivity contribution in [2.24, 2.45) is 11.8 Å². The molecule has 104 valence electrons. The number of hydrogen-bond donors (Lipinski definition) is 2. The fourth-order valence-electron chi connectivity index (χ4n) is 2.62. The van der Waals surface area contributed by atoms with Gasteiger partial charge in [0.15, 0.2) is 0 Å². The van der Waals surface area contributed by atoms with E-state index in [4.69, 9.17) is 0 Å². The molecule has 1 aromatic rings. The third kappa shape index (κ3) is 2.96. The van der Waals surface area contributed by atoms with Crippen LogP contribution in [0.1, 0.15) is 17.9 Å². The summed E-state index contributed by atoms with van der Waals surface area (Å²) in [5, 5.41) is 19.1. The summed E-state index contributed by atoms with van der Waals surface area (Å²) in [6.45, 7) is 0. The maximum absolute atomic E-state index is 11.6. The van der Waals surface area contributed by atoms with Crippen LogP contribution in [0.4, 0.5) is 0 Å². The first-order chi connectivity index (χ1) is 9.61. The fraction of sp³-hybridized carbons (Fsp3) is 0.250. The Balaban J connectivity index is 2.38. The van der Waals surface area contributed by atoms with Gasteiger partial charge in [0.05, 0.1) is 0 Å². The predicted octanol–water partition coefficient (Wildman–Crippen LogP) is 2.66. The van der Waals surface area contributed by atoms with Crippen molar-refractivity contribution in [2.75, 3.05) is 0 Å². The molecule has 3 atom stereocenters. The van der Waals surface area contributed by atoms with Gasteiger partial charge in [-0.25, -0.2) is 0 Å². The Morgan fingerprint density at radius 2 is 1.90 bits per heavy atom. The Morgan fingerprint density at radius 1 is 1.20 bits per heavy atom. The number of carboxylic acids is 2. The summed E-state index contributed by atoms with van der Waals surface area (Å²) in [7, 11) is 0. The highest BCUT2D eigenvalue weighted by Crippen LogP contribution is 2.34. The Morgan fingerprint density at radius 3 is 2.40 bits per heavy atom. The molecule has 4 nitrogen and oxygen atoms in total. The average molecular weight is 273 g/mol. The van der Waals surface area contributed by atoms with Crippen LogP contribution in [0.25, 0.3) is 0 Å². The lowest BCUT2D eigenvalue weighted by Gasteiger charge is -2.24. The molecular formula is C16H17O4+. The molecule has 0 saturated heterocycles. The van der Waals surface area contributed by atoms with Crippen molar-refractivity contribution in [3.8, 4) is 0 Å². The van der Waals surface area contributed by atoms with E-state index in [1.54, 1.807) is 36.4 Å². The zero-order valence-corrected chi connectivity index (χ0v) is 10.9. The molecule has 0 spiro atoms. The number of aliphatic hydroxyl groups excluding tert-OH is 1. The number of carboxylic acid groups (broad SMARTS) is 2. The number of hydrogen-bond acceptors (Lipinski definition) is 1. The zero-order valence-electron chi connectivity index (χ0n) is 10.9. The first kappa shape index (κ1) is 14.1. The second kappa shape index (κ2) is 6.19. The highest BCUT2D eigenvalue weighted by atomic mass is 16.4. The molecule has 3 N–H and O–H groups in total. The van der Waals surface area contributed by atoms with Crippen molar-refractivity contribution >= 4 is 11.9 Å². The van der Waals surface area contributed by atoms with Crippen molar-refractivity contribution in [3.05, 3.63) is 60.2 Å². The summed E-state index contributed by atoms with van der Waals surface area (Å²) in [6, 6.07) is 8.66. The summed E-state index contributed by atoms with van der Waals surface area (Å²) >= 11 is 0. The van der Waals surface area contributed by atoms with E-state index in [1.165, 1.54) is 0 Å². The maximum Gasteiger partial charge on any atom is 0.485 e. The first-order valence-corrected chi connectivity index (χ1v) is 6.47. The van der Waals surface area contributed by atoms with Gasteiger partial charge in [-0.2, -0.15) is 0 Å². The molecule has 0 bridgehead atoms. The normalized spacial score (nSPS) is 20.3. The van der Waals surface area contributed by atoms with Crippen LogP contribution in [0.5, 0.6) is 0 Å². The molecule has 20 heavy (non-hydrogen) atoms.